The molecule has 154 valence electrons. The summed E-state index contributed by atoms with van der Waals surface area (Å²) in [5.74, 6) is 1.26. The zero-order valence-corrected chi connectivity index (χ0v) is 16.5. The number of ether oxygens (including phenoxy) is 2. The summed E-state index contributed by atoms with van der Waals surface area (Å²) < 4.78 is 29.2. The second-order valence-corrected chi connectivity index (χ2v) is 6.89. The Kier molecular flexibility index (Phi) is 7.81. The Bertz CT molecular complexity index is 834. The van der Waals surface area contributed by atoms with Crippen LogP contribution in [0.4, 0.5) is 4.39 Å². The van der Waals surface area contributed by atoms with Crippen LogP contribution < -0.4 is 4.74 Å². The molecular weight excluding hydrogens is 373 g/mol. The van der Waals surface area contributed by atoms with Crippen LogP contribution in [0.3, 0.4) is 0 Å². The Balaban J connectivity index is 1.59. The number of furan rings is 1. The lowest BCUT2D eigenvalue weighted by Gasteiger charge is -2.25. The van der Waals surface area contributed by atoms with E-state index in [2.05, 4.69) is 4.90 Å². The maximum Gasteiger partial charge on any atom is 0.129 e. The molecule has 1 heterocycles. The van der Waals surface area contributed by atoms with Gasteiger partial charge in [-0.1, -0.05) is 24.3 Å². The van der Waals surface area contributed by atoms with Gasteiger partial charge in [-0.25, -0.2) is 4.39 Å². The van der Waals surface area contributed by atoms with Crippen LogP contribution in [-0.2, 0) is 24.4 Å². The average Bonchev–Trinajstić information content (AvgIpc) is 3.24. The summed E-state index contributed by atoms with van der Waals surface area (Å²) in [5.41, 5.74) is 2.07. The first-order valence-corrected chi connectivity index (χ1v) is 9.50. The highest BCUT2D eigenvalue weighted by Crippen LogP contribution is 2.16. The highest BCUT2D eigenvalue weighted by molar-refractivity contribution is 5.27. The van der Waals surface area contributed by atoms with Gasteiger partial charge in [0.15, 0.2) is 0 Å². The van der Waals surface area contributed by atoms with E-state index in [0.29, 0.717) is 26.2 Å². The monoisotopic (exact) mass is 399 g/mol. The van der Waals surface area contributed by atoms with Gasteiger partial charge in [-0.2, -0.15) is 0 Å². The molecule has 1 aromatic heterocycles. The fraction of sp³-hybridized carbons (Fsp3) is 0.304. The molecule has 3 rings (SSSR count). The average molecular weight is 399 g/mol. The van der Waals surface area contributed by atoms with Crippen molar-refractivity contribution in [1.29, 1.82) is 0 Å². The number of rotatable bonds is 11. The van der Waals surface area contributed by atoms with Crippen molar-refractivity contribution in [2.45, 2.75) is 25.8 Å². The normalized spacial score (nSPS) is 12.3. The molecule has 0 spiro atoms. The first-order chi connectivity index (χ1) is 14.1. The van der Waals surface area contributed by atoms with Gasteiger partial charge >= 0.3 is 0 Å². The number of hydrogen-bond acceptors (Lipinski definition) is 5. The number of nitrogens with zero attached hydrogens (tertiary/aromatic N) is 1. The number of halogens is 1. The molecular formula is C23H26FNO4. The summed E-state index contributed by atoms with van der Waals surface area (Å²) in [5, 5.41) is 10.5. The molecule has 1 atom stereocenters. The van der Waals surface area contributed by atoms with Crippen LogP contribution in [0.1, 0.15) is 16.9 Å². The molecule has 0 saturated heterocycles. The molecule has 0 bridgehead atoms. The molecule has 0 aliphatic carbocycles. The SMILES string of the molecule is COc1ccc(CN(Cc2ccc(F)cc2)C[C@@H](O)COCc2ccco2)cc1. The van der Waals surface area contributed by atoms with Gasteiger partial charge in [0.2, 0.25) is 0 Å². The predicted molar refractivity (Wildman–Crippen MR) is 108 cm³/mol. The first-order valence-electron chi connectivity index (χ1n) is 9.50. The number of benzene rings is 2. The zero-order chi connectivity index (χ0) is 20.5. The Morgan fingerprint density at radius 2 is 1.66 bits per heavy atom. The van der Waals surface area contributed by atoms with Crippen LogP contribution in [0, 0.1) is 5.82 Å². The van der Waals surface area contributed by atoms with Gasteiger partial charge in [-0.05, 0) is 47.5 Å². The molecule has 6 heteroatoms. The van der Waals surface area contributed by atoms with E-state index in [1.807, 2.05) is 30.3 Å². The lowest BCUT2D eigenvalue weighted by Crippen LogP contribution is -2.34. The molecule has 0 aliphatic heterocycles. The van der Waals surface area contributed by atoms with E-state index in [0.717, 1.165) is 22.6 Å². The first kappa shape index (κ1) is 21.0. The third-order valence-corrected chi connectivity index (χ3v) is 4.49. The summed E-state index contributed by atoms with van der Waals surface area (Å²) in [6, 6.07) is 17.9. The van der Waals surface area contributed by atoms with Crippen molar-refractivity contribution in [2.75, 3.05) is 20.3 Å². The Morgan fingerprint density at radius 1 is 1.00 bits per heavy atom. The quantitative estimate of drug-likeness (QED) is 0.528. The maximum atomic E-state index is 13.2. The van der Waals surface area contributed by atoms with Crippen LogP contribution in [0.2, 0.25) is 0 Å². The van der Waals surface area contributed by atoms with Gasteiger partial charge in [0.05, 0.1) is 26.1 Å². The zero-order valence-electron chi connectivity index (χ0n) is 16.5. The van der Waals surface area contributed by atoms with Gasteiger partial charge in [0, 0.05) is 19.6 Å². The van der Waals surface area contributed by atoms with Crippen LogP contribution in [0.25, 0.3) is 0 Å². The van der Waals surface area contributed by atoms with Crippen molar-refractivity contribution in [3.05, 3.63) is 89.6 Å². The van der Waals surface area contributed by atoms with E-state index in [4.69, 9.17) is 13.9 Å². The fourth-order valence-electron chi connectivity index (χ4n) is 3.06. The predicted octanol–water partition coefficient (Wildman–Crippen LogP) is 4.01. The Morgan fingerprint density at radius 3 is 2.24 bits per heavy atom. The van der Waals surface area contributed by atoms with E-state index in [9.17, 15) is 9.50 Å². The topological polar surface area (TPSA) is 55.1 Å². The molecule has 2 aromatic carbocycles. The van der Waals surface area contributed by atoms with Crippen molar-refractivity contribution in [1.82, 2.24) is 4.90 Å². The minimum atomic E-state index is -0.663. The van der Waals surface area contributed by atoms with Gasteiger partial charge < -0.3 is 19.0 Å². The molecule has 29 heavy (non-hydrogen) atoms. The molecule has 0 saturated carbocycles. The summed E-state index contributed by atoms with van der Waals surface area (Å²) in [7, 11) is 1.63. The van der Waals surface area contributed by atoms with Crippen LogP contribution in [0.15, 0.2) is 71.3 Å². The number of hydrogen-bond donors (Lipinski definition) is 1. The molecule has 0 amide bonds. The molecule has 3 aromatic rings. The van der Waals surface area contributed by atoms with Gasteiger partial charge in [0.25, 0.3) is 0 Å². The molecule has 0 unspecified atom stereocenters. The van der Waals surface area contributed by atoms with E-state index in [1.165, 1.54) is 12.1 Å². The van der Waals surface area contributed by atoms with Crippen molar-refractivity contribution >= 4 is 0 Å². The van der Waals surface area contributed by atoms with Gasteiger partial charge in [-0.15, -0.1) is 0 Å². The van der Waals surface area contributed by atoms with Crippen molar-refractivity contribution in [3.63, 3.8) is 0 Å². The smallest absolute Gasteiger partial charge is 0.129 e. The van der Waals surface area contributed by atoms with Crippen molar-refractivity contribution < 1.29 is 23.4 Å². The second-order valence-electron chi connectivity index (χ2n) is 6.89. The standard InChI is InChI=1S/C23H26FNO4/c1-27-22-10-6-19(7-11-22)14-25(13-18-4-8-20(24)9-5-18)15-21(26)16-28-17-23-3-2-12-29-23/h2-12,21,26H,13-17H2,1H3/t21-/m1/s1. The minimum absolute atomic E-state index is 0.198. The molecule has 0 radical (unpaired) electrons. The van der Waals surface area contributed by atoms with Crippen LogP contribution >= 0.6 is 0 Å². The van der Waals surface area contributed by atoms with Crippen molar-refractivity contribution in [3.8, 4) is 5.75 Å². The number of aliphatic hydroxyl groups is 1. The minimum Gasteiger partial charge on any atom is -0.497 e. The maximum absolute atomic E-state index is 13.2. The molecule has 1 N–H and O–H groups in total. The van der Waals surface area contributed by atoms with E-state index >= 15 is 0 Å². The summed E-state index contributed by atoms with van der Waals surface area (Å²) >= 11 is 0. The van der Waals surface area contributed by atoms with Gasteiger partial charge in [0.1, 0.15) is 23.9 Å². The third-order valence-electron chi connectivity index (χ3n) is 4.49. The van der Waals surface area contributed by atoms with Crippen LogP contribution in [-0.4, -0.2) is 36.4 Å². The highest BCUT2D eigenvalue weighted by Gasteiger charge is 2.14. The van der Waals surface area contributed by atoms with E-state index < -0.39 is 6.10 Å². The van der Waals surface area contributed by atoms with Crippen LogP contribution in [0.5, 0.6) is 5.75 Å². The summed E-state index contributed by atoms with van der Waals surface area (Å²) in [4.78, 5) is 2.11. The molecule has 5 nitrogen and oxygen atoms in total. The highest BCUT2D eigenvalue weighted by atomic mass is 19.1. The largest absolute Gasteiger partial charge is 0.497 e. The second kappa shape index (κ2) is 10.8. The van der Waals surface area contributed by atoms with Gasteiger partial charge in [-0.3, -0.25) is 4.90 Å². The Labute approximate surface area is 170 Å². The van der Waals surface area contributed by atoms with E-state index in [-0.39, 0.29) is 12.4 Å². The third kappa shape index (κ3) is 7.02. The summed E-state index contributed by atoms with van der Waals surface area (Å²) in [6.45, 7) is 2.16. The Hall–Kier alpha value is -2.67. The lowest BCUT2D eigenvalue weighted by atomic mass is 10.1. The number of aliphatic hydroxyl groups excluding tert-OH is 1. The van der Waals surface area contributed by atoms with E-state index in [1.54, 1.807) is 31.6 Å². The summed E-state index contributed by atoms with van der Waals surface area (Å²) in [6.07, 6.45) is 0.928. The lowest BCUT2D eigenvalue weighted by molar-refractivity contribution is 0.00253. The fourth-order valence-corrected chi connectivity index (χ4v) is 3.06. The molecule has 0 fully saturated rings. The molecule has 0 aliphatic rings. The number of methoxy groups -OCH3 is 1. The van der Waals surface area contributed by atoms with Crippen molar-refractivity contribution in [2.24, 2.45) is 0 Å².